The third-order valence-corrected chi connectivity index (χ3v) is 2.56. The van der Waals surface area contributed by atoms with Crippen LogP contribution in [0.5, 0.6) is 0 Å². The second kappa shape index (κ2) is 5.51. The minimum absolute atomic E-state index is 0.0248. The Balaban J connectivity index is 3.01. The lowest BCUT2D eigenvalue weighted by Gasteiger charge is -2.24. The highest BCUT2D eigenvalue weighted by atomic mass is 32.1. The summed E-state index contributed by atoms with van der Waals surface area (Å²) in [7, 11) is 0. The summed E-state index contributed by atoms with van der Waals surface area (Å²) >= 11 is 4.62. The maximum atomic E-state index is 13.6. The second-order valence-electron chi connectivity index (χ2n) is 3.66. The third kappa shape index (κ3) is 3.83. The van der Waals surface area contributed by atoms with Gasteiger partial charge in [-0.05, 0) is 25.1 Å². The summed E-state index contributed by atoms with van der Waals surface area (Å²) in [6.07, 6.45) is -4.34. The van der Waals surface area contributed by atoms with E-state index < -0.39 is 18.5 Å². The molecule has 0 fully saturated rings. The van der Waals surface area contributed by atoms with Gasteiger partial charge in [-0.1, -0.05) is 12.2 Å². The van der Waals surface area contributed by atoms with E-state index in [1.807, 2.05) is 0 Å². The van der Waals surface area contributed by atoms with Gasteiger partial charge in [0.25, 0.3) is 0 Å². The van der Waals surface area contributed by atoms with Crippen molar-refractivity contribution in [2.45, 2.75) is 13.1 Å². The lowest BCUT2D eigenvalue weighted by molar-refractivity contribution is -0.119. The number of halogens is 4. The van der Waals surface area contributed by atoms with E-state index >= 15 is 0 Å². The van der Waals surface area contributed by atoms with Gasteiger partial charge in [-0.3, -0.25) is 0 Å². The maximum Gasteiger partial charge on any atom is 0.405 e. The maximum absolute atomic E-state index is 13.6. The molecule has 1 aromatic rings. The van der Waals surface area contributed by atoms with Gasteiger partial charge < -0.3 is 10.6 Å². The largest absolute Gasteiger partial charge is 0.405 e. The van der Waals surface area contributed by atoms with Crippen LogP contribution < -0.4 is 10.6 Å². The minimum atomic E-state index is -4.34. The molecule has 0 saturated heterocycles. The smallest absolute Gasteiger partial charge is 0.389 e. The number of alkyl halides is 3. The van der Waals surface area contributed by atoms with E-state index in [9.17, 15) is 17.6 Å². The molecule has 0 heterocycles. The van der Waals surface area contributed by atoms with Crippen LogP contribution in [-0.2, 0) is 0 Å². The Morgan fingerprint density at radius 1 is 1.39 bits per heavy atom. The quantitative estimate of drug-likeness (QED) is 0.679. The number of rotatable bonds is 4. The average Bonchev–Trinajstić information content (AvgIpc) is 2.24. The molecule has 0 aliphatic heterocycles. The zero-order valence-corrected chi connectivity index (χ0v) is 10.4. The van der Waals surface area contributed by atoms with Gasteiger partial charge in [0, 0.05) is 17.8 Å². The Morgan fingerprint density at radius 2 is 2.00 bits per heavy atom. The summed E-state index contributed by atoms with van der Waals surface area (Å²) in [5, 5.41) is 0. The molecule has 0 amide bonds. The van der Waals surface area contributed by atoms with Crippen LogP contribution in [-0.4, -0.2) is 24.3 Å². The normalized spacial score (nSPS) is 11.4. The molecule has 2 N–H and O–H groups in total. The number of benzene rings is 1. The van der Waals surface area contributed by atoms with Crippen molar-refractivity contribution in [3.63, 3.8) is 0 Å². The fraction of sp³-hybridized carbons (Fsp3) is 0.364. The molecule has 100 valence electrons. The zero-order chi connectivity index (χ0) is 13.9. The summed E-state index contributed by atoms with van der Waals surface area (Å²) in [6.45, 7) is 0.547. The first-order chi connectivity index (χ1) is 8.24. The molecule has 18 heavy (non-hydrogen) atoms. The number of anilines is 1. The average molecular weight is 280 g/mol. The van der Waals surface area contributed by atoms with E-state index in [0.717, 1.165) is 11.0 Å². The van der Waals surface area contributed by atoms with Crippen molar-refractivity contribution < 1.29 is 17.6 Å². The number of hydrogen-bond donors (Lipinski definition) is 1. The lowest BCUT2D eigenvalue weighted by Crippen LogP contribution is -2.34. The van der Waals surface area contributed by atoms with Crippen molar-refractivity contribution in [2.75, 3.05) is 18.0 Å². The standard InChI is InChI=1S/C11H12F4N2S/c1-2-17(6-11(13,14)15)7-3-4-8(10(16)18)9(12)5-7/h3-5H,2,6H2,1H3,(H2,16,18). The molecule has 2 nitrogen and oxygen atoms in total. The fourth-order valence-corrected chi connectivity index (χ4v) is 1.67. The summed E-state index contributed by atoms with van der Waals surface area (Å²) in [5.41, 5.74) is 5.44. The molecule has 7 heteroatoms. The lowest BCUT2D eigenvalue weighted by atomic mass is 10.1. The van der Waals surface area contributed by atoms with Gasteiger partial charge in [0.15, 0.2) is 0 Å². The van der Waals surface area contributed by atoms with E-state index in [0.29, 0.717) is 0 Å². The number of hydrogen-bond acceptors (Lipinski definition) is 2. The molecule has 0 aromatic heterocycles. The van der Waals surface area contributed by atoms with Crippen molar-refractivity contribution in [3.8, 4) is 0 Å². The predicted octanol–water partition coefficient (Wildman–Crippen LogP) is 2.85. The van der Waals surface area contributed by atoms with Gasteiger partial charge in [0.2, 0.25) is 0 Å². The van der Waals surface area contributed by atoms with Crippen LogP contribution in [0.4, 0.5) is 23.2 Å². The monoisotopic (exact) mass is 280 g/mol. The predicted molar refractivity (Wildman–Crippen MR) is 66.2 cm³/mol. The van der Waals surface area contributed by atoms with E-state index in [-0.39, 0.29) is 22.8 Å². The first kappa shape index (κ1) is 14.7. The third-order valence-electron chi connectivity index (χ3n) is 2.34. The van der Waals surface area contributed by atoms with Gasteiger partial charge in [-0.2, -0.15) is 13.2 Å². The van der Waals surface area contributed by atoms with E-state index in [2.05, 4.69) is 12.2 Å². The molecule has 0 bridgehead atoms. The first-order valence-corrected chi connectivity index (χ1v) is 5.56. The molecule has 1 rings (SSSR count). The van der Waals surface area contributed by atoms with Gasteiger partial charge in [0.1, 0.15) is 17.4 Å². The SMILES string of the molecule is CCN(CC(F)(F)F)c1ccc(C(N)=S)c(F)c1. The van der Waals surface area contributed by atoms with Crippen LogP contribution in [0.25, 0.3) is 0 Å². The van der Waals surface area contributed by atoms with Crippen LogP contribution in [0.3, 0.4) is 0 Å². The summed E-state index contributed by atoms with van der Waals surface area (Å²) in [6, 6.07) is 3.66. The van der Waals surface area contributed by atoms with Crippen molar-refractivity contribution in [1.82, 2.24) is 0 Å². The Morgan fingerprint density at radius 3 is 2.39 bits per heavy atom. The molecule has 0 aliphatic rings. The van der Waals surface area contributed by atoms with Crippen LogP contribution in [0.1, 0.15) is 12.5 Å². The van der Waals surface area contributed by atoms with Crippen LogP contribution in [0, 0.1) is 5.82 Å². The van der Waals surface area contributed by atoms with Crippen LogP contribution >= 0.6 is 12.2 Å². The topological polar surface area (TPSA) is 29.3 Å². The summed E-state index contributed by atoms with van der Waals surface area (Å²) in [5.74, 6) is -0.722. The summed E-state index contributed by atoms with van der Waals surface area (Å²) < 4.78 is 50.5. The van der Waals surface area contributed by atoms with Crippen molar-refractivity contribution in [1.29, 1.82) is 0 Å². The fourth-order valence-electron chi connectivity index (χ4n) is 1.50. The number of thiocarbonyl (C=S) groups is 1. The second-order valence-corrected chi connectivity index (χ2v) is 4.10. The van der Waals surface area contributed by atoms with Gasteiger partial charge >= 0.3 is 6.18 Å². The van der Waals surface area contributed by atoms with E-state index in [1.54, 1.807) is 6.92 Å². The number of nitrogens with two attached hydrogens (primary N) is 1. The van der Waals surface area contributed by atoms with Gasteiger partial charge in [-0.15, -0.1) is 0 Å². The minimum Gasteiger partial charge on any atom is -0.389 e. The Hall–Kier alpha value is -1.37. The summed E-state index contributed by atoms with van der Waals surface area (Å²) in [4.78, 5) is 0.893. The van der Waals surface area contributed by atoms with E-state index in [4.69, 9.17) is 5.73 Å². The first-order valence-electron chi connectivity index (χ1n) is 5.15. The molecular formula is C11H12F4N2S. The van der Waals surface area contributed by atoms with Crippen molar-refractivity contribution in [2.24, 2.45) is 5.73 Å². The molecule has 0 spiro atoms. The molecule has 0 saturated carbocycles. The van der Waals surface area contributed by atoms with E-state index in [1.165, 1.54) is 12.1 Å². The Bertz CT molecular complexity index is 445. The Labute approximate surface area is 107 Å². The van der Waals surface area contributed by atoms with Gasteiger partial charge in [-0.25, -0.2) is 4.39 Å². The highest BCUT2D eigenvalue weighted by molar-refractivity contribution is 7.80. The number of nitrogens with zero attached hydrogens (tertiary/aromatic N) is 1. The van der Waals surface area contributed by atoms with Gasteiger partial charge in [0.05, 0.1) is 0 Å². The highest BCUT2D eigenvalue weighted by Gasteiger charge is 2.30. The van der Waals surface area contributed by atoms with Crippen LogP contribution in [0.15, 0.2) is 18.2 Å². The van der Waals surface area contributed by atoms with Crippen molar-refractivity contribution >= 4 is 22.9 Å². The van der Waals surface area contributed by atoms with Crippen molar-refractivity contribution in [3.05, 3.63) is 29.6 Å². The zero-order valence-electron chi connectivity index (χ0n) is 9.59. The molecular weight excluding hydrogens is 268 g/mol. The molecule has 0 aliphatic carbocycles. The molecule has 0 atom stereocenters. The highest BCUT2D eigenvalue weighted by Crippen LogP contribution is 2.23. The Kier molecular flexibility index (Phi) is 4.50. The molecule has 0 unspecified atom stereocenters. The molecule has 1 aromatic carbocycles. The molecule has 0 radical (unpaired) electrons. The van der Waals surface area contributed by atoms with Crippen LogP contribution in [0.2, 0.25) is 0 Å².